The zero-order chi connectivity index (χ0) is 14.1. The second-order valence-corrected chi connectivity index (χ2v) is 6.41. The number of rotatable bonds is 3. The van der Waals surface area contributed by atoms with Gasteiger partial charge in [0.15, 0.2) is 0 Å². The maximum absolute atomic E-state index is 9.60. The quantitative estimate of drug-likeness (QED) is 0.944. The van der Waals surface area contributed by atoms with Gasteiger partial charge < -0.3 is 10.0 Å². The van der Waals surface area contributed by atoms with Gasteiger partial charge in [-0.3, -0.25) is 0 Å². The fourth-order valence-electron chi connectivity index (χ4n) is 2.54. The summed E-state index contributed by atoms with van der Waals surface area (Å²) in [6, 6.07) is 2.19. The van der Waals surface area contributed by atoms with Crippen LogP contribution in [0.3, 0.4) is 0 Å². The number of nitrogens with zero attached hydrogens (tertiary/aromatic N) is 3. The summed E-state index contributed by atoms with van der Waals surface area (Å²) in [5, 5.41) is 11.7. The molecule has 0 spiro atoms. The van der Waals surface area contributed by atoms with Crippen LogP contribution < -0.4 is 4.90 Å². The molecule has 1 aliphatic rings. The minimum absolute atomic E-state index is 0.0371. The number of aliphatic hydroxyl groups excluding tert-OH is 1. The predicted molar refractivity (Wildman–Crippen MR) is 81.1 cm³/mol. The third-order valence-electron chi connectivity index (χ3n) is 3.68. The van der Waals surface area contributed by atoms with Gasteiger partial charge >= 0.3 is 0 Å². The standard InChI is InChI=1S/C15H19N3OS/c1-10(2)15-16-7-13(12(9-19)17-15)18-5-3-14-11(8-18)4-6-20-14/h4,6-7,10,19H,3,5,8-9H2,1-2H3. The van der Waals surface area contributed by atoms with Gasteiger partial charge in [0.05, 0.1) is 24.2 Å². The number of anilines is 1. The van der Waals surface area contributed by atoms with Crippen molar-refractivity contribution in [2.45, 2.75) is 39.3 Å². The highest BCUT2D eigenvalue weighted by molar-refractivity contribution is 7.10. The molecule has 0 atom stereocenters. The lowest BCUT2D eigenvalue weighted by atomic mass is 10.1. The van der Waals surface area contributed by atoms with Crippen molar-refractivity contribution in [3.8, 4) is 0 Å². The normalized spacial score (nSPS) is 14.7. The lowest BCUT2D eigenvalue weighted by Gasteiger charge is -2.30. The molecule has 4 nitrogen and oxygen atoms in total. The van der Waals surface area contributed by atoms with Crippen LogP contribution in [-0.2, 0) is 19.6 Å². The number of hydrogen-bond acceptors (Lipinski definition) is 5. The van der Waals surface area contributed by atoms with Crippen molar-refractivity contribution in [2.75, 3.05) is 11.4 Å². The molecule has 3 rings (SSSR count). The molecule has 0 aliphatic carbocycles. The fourth-order valence-corrected chi connectivity index (χ4v) is 3.43. The number of aliphatic hydroxyl groups is 1. The van der Waals surface area contributed by atoms with Gasteiger partial charge in [-0.2, -0.15) is 0 Å². The summed E-state index contributed by atoms with van der Waals surface area (Å²) >= 11 is 1.83. The Bertz CT molecular complexity index is 609. The number of thiophene rings is 1. The van der Waals surface area contributed by atoms with Crippen molar-refractivity contribution in [3.05, 3.63) is 39.6 Å². The van der Waals surface area contributed by atoms with E-state index in [9.17, 15) is 5.11 Å². The SMILES string of the molecule is CC(C)c1ncc(N2CCc3sccc3C2)c(CO)n1. The van der Waals surface area contributed by atoms with Crippen LogP contribution in [0.2, 0.25) is 0 Å². The zero-order valence-electron chi connectivity index (χ0n) is 11.8. The fraction of sp³-hybridized carbons (Fsp3) is 0.467. The van der Waals surface area contributed by atoms with Crippen LogP contribution in [0.1, 0.15) is 41.7 Å². The van der Waals surface area contributed by atoms with Crippen LogP contribution in [0.4, 0.5) is 5.69 Å². The highest BCUT2D eigenvalue weighted by atomic mass is 32.1. The molecule has 3 heterocycles. The van der Waals surface area contributed by atoms with E-state index < -0.39 is 0 Å². The first-order chi connectivity index (χ1) is 9.69. The zero-order valence-corrected chi connectivity index (χ0v) is 12.7. The lowest BCUT2D eigenvalue weighted by molar-refractivity contribution is 0.276. The van der Waals surface area contributed by atoms with E-state index in [2.05, 4.69) is 40.2 Å². The highest BCUT2D eigenvalue weighted by Crippen LogP contribution is 2.29. The molecule has 0 radical (unpaired) electrons. The second kappa shape index (κ2) is 5.50. The van der Waals surface area contributed by atoms with E-state index in [1.807, 2.05) is 17.5 Å². The largest absolute Gasteiger partial charge is 0.390 e. The van der Waals surface area contributed by atoms with E-state index >= 15 is 0 Å². The van der Waals surface area contributed by atoms with Gasteiger partial charge in [-0.15, -0.1) is 11.3 Å². The molecule has 0 bridgehead atoms. The first kappa shape index (κ1) is 13.5. The van der Waals surface area contributed by atoms with E-state index in [-0.39, 0.29) is 12.5 Å². The Hall–Kier alpha value is -1.46. The third kappa shape index (κ3) is 2.43. The smallest absolute Gasteiger partial charge is 0.131 e. The Morgan fingerprint density at radius 3 is 3.05 bits per heavy atom. The van der Waals surface area contributed by atoms with Crippen molar-refractivity contribution < 1.29 is 5.11 Å². The van der Waals surface area contributed by atoms with Crippen molar-refractivity contribution in [3.63, 3.8) is 0 Å². The molecule has 2 aromatic heterocycles. The summed E-state index contributed by atoms with van der Waals surface area (Å²) in [5.74, 6) is 1.07. The van der Waals surface area contributed by atoms with E-state index in [4.69, 9.17) is 0 Å². The maximum atomic E-state index is 9.60. The van der Waals surface area contributed by atoms with Crippen molar-refractivity contribution >= 4 is 17.0 Å². The van der Waals surface area contributed by atoms with Crippen molar-refractivity contribution in [1.29, 1.82) is 0 Å². The second-order valence-electron chi connectivity index (χ2n) is 5.41. The summed E-state index contributed by atoms with van der Waals surface area (Å²) in [5.41, 5.74) is 3.09. The Kier molecular flexibility index (Phi) is 3.72. The van der Waals surface area contributed by atoms with Gasteiger partial charge in [0.25, 0.3) is 0 Å². The molecule has 0 unspecified atom stereocenters. The summed E-state index contributed by atoms with van der Waals surface area (Å²) in [6.45, 7) is 5.94. The van der Waals surface area contributed by atoms with E-state index in [0.29, 0.717) is 0 Å². The van der Waals surface area contributed by atoms with Crippen molar-refractivity contribution in [2.24, 2.45) is 0 Å². The molecule has 0 fully saturated rings. The predicted octanol–water partition coefficient (Wildman–Crippen LogP) is 2.72. The summed E-state index contributed by atoms with van der Waals surface area (Å²) < 4.78 is 0. The number of hydrogen-bond donors (Lipinski definition) is 1. The maximum Gasteiger partial charge on any atom is 0.131 e. The average molecular weight is 289 g/mol. The summed E-state index contributed by atoms with van der Waals surface area (Å²) in [4.78, 5) is 12.7. The highest BCUT2D eigenvalue weighted by Gasteiger charge is 2.21. The van der Waals surface area contributed by atoms with E-state index in [1.54, 1.807) is 0 Å². The van der Waals surface area contributed by atoms with Gasteiger partial charge in [0, 0.05) is 23.9 Å². The van der Waals surface area contributed by atoms with Crippen LogP contribution in [0, 0.1) is 0 Å². The van der Waals surface area contributed by atoms with Crippen LogP contribution in [0.15, 0.2) is 17.6 Å². The molecule has 1 N–H and O–H groups in total. The monoisotopic (exact) mass is 289 g/mol. The van der Waals surface area contributed by atoms with Crippen LogP contribution in [-0.4, -0.2) is 21.6 Å². The molecule has 5 heteroatoms. The third-order valence-corrected chi connectivity index (χ3v) is 4.70. The first-order valence-corrected chi connectivity index (χ1v) is 7.84. The van der Waals surface area contributed by atoms with Crippen LogP contribution >= 0.6 is 11.3 Å². The van der Waals surface area contributed by atoms with Gasteiger partial charge in [0.1, 0.15) is 5.82 Å². The van der Waals surface area contributed by atoms with Gasteiger partial charge in [-0.1, -0.05) is 13.8 Å². The first-order valence-electron chi connectivity index (χ1n) is 6.96. The lowest BCUT2D eigenvalue weighted by Crippen LogP contribution is -2.30. The van der Waals surface area contributed by atoms with Crippen LogP contribution in [0.5, 0.6) is 0 Å². The van der Waals surface area contributed by atoms with Gasteiger partial charge in [0.2, 0.25) is 0 Å². The molecular weight excluding hydrogens is 270 g/mol. The Balaban J connectivity index is 1.91. The average Bonchev–Trinajstić information content (AvgIpc) is 2.93. The number of fused-ring (bicyclic) bond motifs is 1. The Morgan fingerprint density at radius 2 is 2.30 bits per heavy atom. The summed E-state index contributed by atoms with van der Waals surface area (Å²) in [7, 11) is 0. The van der Waals surface area contributed by atoms with Gasteiger partial charge in [-0.05, 0) is 23.4 Å². The topological polar surface area (TPSA) is 49.2 Å². The van der Waals surface area contributed by atoms with Crippen LogP contribution in [0.25, 0.3) is 0 Å². The minimum atomic E-state index is -0.0371. The summed E-state index contributed by atoms with van der Waals surface area (Å²) in [6.07, 6.45) is 2.93. The molecule has 0 saturated carbocycles. The molecule has 2 aromatic rings. The molecule has 0 saturated heterocycles. The molecule has 106 valence electrons. The van der Waals surface area contributed by atoms with E-state index in [1.165, 1.54) is 10.4 Å². The van der Waals surface area contributed by atoms with Crippen molar-refractivity contribution in [1.82, 2.24) is 9.97 Å². The van der Waals surface area contributed by atoms with Gasteiger partial charge in [-0.25, -0.2) is 9.97 Å². The van der Waals surface area contributed by atoms with E-state index in [0.717, 1.165) is 36.7 Å². The minimum Gasteiger partial charge on any atom is -0.390 e. The molecule has 0 aromatic carbocycles. The Morgan fingerprint density at radius 1 is 1.45 bits per heavy atom. The number of aromatic nitrogens is 2. The molecular formula is C15H19N3OS. The molecule has 0 amide bonds. The molecule has 1 aliphatic heterocycles. The molecule has 20 heavy (non-hydrogen) atoms. The Labute approximate surface area is 123 Å².